The van der Waals surface area contributed by atoms with Gasteiger partial charge in [-0.15, -0.1) is 0 Å². The largest absolute Gasteiger partial charge is 0.327 e. The summed E-state index contributed by atoms with van der Waals surface area (Å²) in [6.45, 7) is 0. The molecule has 34 heavy (non-hydrogen) atoms. The molecular formula is C28H35ClN2O3. The molecule has 5 saturated carbocycles. The van der Waals surface area contributed by atoms with Gasteiger partial charge in [-0.25, -0.2) is 4.90 Å². The number of hydrogen-bond donors (Lipinski definition) is 0. The average molecular weight is 483 g/mol. The number of halogens is 1. The summed E-state index contributed by atoms with van der Waals surface area (Å²) in [6, 6.07) is 6.24. The Kier molecular flexibility index (Phi) is 5.75. The number of anilines is 1. The van der Waals surface area contributed by atoms with E-state index in [1.807, 2.05) is 4.90 Å². The Labute approximate surface area is 207 Å². The Hall–Kier alpha value is -1.88. The zero-order valence-corrected chi connectivity index (χ0v) is 20.6. The van der Waals surface area contributed by atoms with Gasteiger partial charge in [-0.3, -0.25) is 14.4 Å². The predicted molar refractivity (Wildman–Crippen MR) is 131 cm³/mol. The van der Waals surface area contributed by atoms with E-state index in [0.717, 1.165) is 44.9 Å². The molecule has 1 aromatic carbocycles. The van der Waals surface area contributed by atoms with Crippen LogP contribution in [0.15, 0.2) is 24.3 Å². The second kappa shape index (κ2) is 8.65. The third-order valence-electron chi connectivity index (χ3n) is 9.49. The van der Waals surface area contributed by atoms with Crippen LogP contribution in [0.3, 0.4) is 0 Å². The van der Waals surface area contributed by atoms with E-state index >= 15 is 0 Å². The number of benzene rings is 1. The highest BCUT2D eigenvalue weighted by Gasteiger charge is 2.58. The topological polar surface area (TPSA) is 57.7 Å². The van der Waals surface area contributed by atoms with E-state index in [-0.39, 0.29) is 35.6 Å². The number of carbonyl (C=O) groups excluding carboxylic acids is 3. The van der Waals surface area contributed by atoms with Crippen molar-refractivity contribution in [1.82, 2.24) is 4.90 Å². The molecule has 4 bridgehead atoms. The first-order valence-electron chi connectivity index (χ1n) is 13.4. The van der Waals surface area contributed by atoms with Gasteiger partial charge < -0.3 is 4.90 Å². The third-order valence-corrected chi connectivity index (χ3v) is 9.74. The number of nitrogens with zero attached hydrogens (tertiary/aromatic N) is 2. The van der Waals surface area contributed by atoms with Crippen molar-refractivity contribution in [2.45, 2.75) is 95.6 Å². The van der Waals surface area contributed by atoms with E-state index in [0.29, 0.717) is 28.5 Å². The van der Waals surface area contributed by atoms with Crippen molar-refractivity contribution < 1.29 is 14.4 Å². The zero-order valence-electron chi connectivity index (χ0n) is 19.9. The molecule has 6 fully saturated rings. The Balaban J connectivity index is 1.34. The molecular weight excluding hydrogens is 448 g/mol. The Morgan fingerprint density at radius 2 is 1.44 bits per heavy atom. The fourth-order valence-electron chi connectivity index (χ4n) is 8.44. The van der Waals surface area contributed by atoms with Gasteiger partial charge in [0.25, 0.3) is 5.91 Å². The van der Waals surface area contributed by atoms with Gasteiger partial charge in [0.05, 0.1) is 17.5 Å². The fourth-order valence-corrected chi connectivity index (χ4v) is 8.56. The van der Waals surface area contributed by atoms with Crippen LogP contribution >= 0.6 is 11.6 Å². The van der Waals surface area contributed by atoms with Crippen LogP contribution in [0.1, 0.15) is 83.5 Å². The molecule has 6 heteroatoms. The smallest absolute Gasteiger partial charge is 0.257 e. The molecule has 1 saturated heterocycles. The van der Waals surface area contributed by atoms with Crippen LogP contribution in [0.4, 0.5) is 5.69 Å². The van der Waals surface area contributed by atoms with E-state index < -0.39 is 6.04 Å². The van der Waals surface area contributed by atoms with Crippen LogP contribution in [0.2, 0.25) is 5.02 Å². The van der Waals surface area contributed by atoms with Crippen LogP contribution in [0.5, 0.6) is 0 Å². The molecule has 1 atom stereocenters. The second-order valence-electron chi connectivity index (χ2n) is 11.8. The predicted octanol–water partition coefficient (Wildman–Crippen LogP) is 5.74. The maximum absolute atomic E-state index is 14.6. The lowest BCUT2D eigenvalue weighted by atomic mass is 9.49. The lowest BCUT2D eigenvalue weighted by Gasteiger charge is -2.57. The highest BCUT2D eigenvalue weighted by Crippen LogP contribution is 2.61. The Morgan fingerprint density at radius 1 is 0.882 bits per heavy atom. The maximum Gasteiger partial charge on any atom is 0.257 e. The molecule has 0 aromatic heterocycles. The minimum absolute atomic E-state index is 0.0647. The SMILES string of the molecule is O=C1CC(N(C(=O)C23CC4CC(CC(C4)C2)C3)C2CCCCCC2)C(=O)N1c1ccc(Cl)cc1. The molecule has 1 aromatic rings. The molecule has 1 heterocycles. The van der Waals surface area contributed by atoms with E-state index in [9.17, 15) is 14.4 Å². The molecule has 1 aliphatic heterocycles. The van der Waals surface area contributed by atoms with Gasteiger partial charge >= 0.3 is 0 Å². The van der Waals surface area contributed by atoms with Gasteiger partial charge in [0.15, 0.2) is 0 Å². The minimum Gasteiger partial charge on any atom is -0.327 e. The standard InChI is InChI=1S/C28H35ClN2O3/c29-21-7-9-23(10-8-21)31-25(32)14-24(26(31)33)30(22-5-3-1-2-4-6-22)27(34)28-15-18-11-19(16-28)13-20(12-18)17-28/h7-10,18-20,22,24H,1-6,11-17H2. The summed E-state index contributed by atoms with van der Waals surface area (Å²) < 4.78 is 0. The summed E-state index contributed by atoms with van der Waals surface area (Å²) in [5, 5.41) is 0.566. The zero-order chi connectivity index (χ0) is 23.4. The summed E-state index contributed by atoms with van der Waals surface area (Å²) >= 11 is 6.04. The highest BCUT2D eigenvalue weighted by molar-refractivity contribution is 6.30. The fraction of sp³-hybridized carbons (Fsp3) is 0.679. The monoisotopic (exact) mass is 482 g/mol. The van der Waals surface area contributed by atoms with Crippen LogP contribution < -0.4 is 4.90 Å². The molecule has 3 amide bonds. The highest BCUT2D eigenvalue weighted by atomic mass is 35.5. The number of hydrogen-bond acceptors (Lipinski definition) is 3. The molecule has 1 unspecified atom stereocenters. The first-order valence-corrected chi connectivity index (χ1v) is 13.8. The molecule has 182 valence electrons. The first kappa shape index (κ1) is 22.6. The number of imide groups is 1. The summed E-state index contributed by atoms with van der Waals surface area (Å²) in [4.78, 5) is 44.7. The van der Waals surface area contributed by atoms with Crippen molar-refractivity contribution in [1.29, 1.82) is 0 Å². The van der Waals surface area contributed by atoms with Gasteiger partial charge in [0.2, 0.25) is 11.8 Å². The van der Waals surface area contributed by atoms with Crippen molar-refractivity contribution >= 4 is 35.0 Å². The molecule has 5 nitrogen and oxygen atoms in total. The first-order chi connectivity index (χ1) is 16.4. The summed E-state index contributed by atoms with van der Waals surface area (Å²) in [6.07, 6.45) is 13.3. The Morgan fingerprint density at radius 3 is 2.00 bits per heavy atom. The van der Waals surface area contributed by atoms with Crippen molar-refractivity contribution in [3.05, 3.63) is 29.3 Å². The van der Waals surface area contributed by atoms with Gasteiger partial charge in [-0.2, -0.15) is 0 Å². The van der Waals surface area contributed by atoms with Crippen molar-refractivity contribution in [2.75, 3.05) is 4.90 Å². The maximum atomic E-state index is 14.6. The normalized spacial score (nSPS) is 35.6. The quantitative estimate of drug-likeness (QED) is 0.406. The van der Waals surface area contributed by atoms with E-state index in [1.54, 1.807) is 24.3 Å². The lowest BCUT2D eigenvalue weighted by Crippen LogP contribution is -2.60. The summed E-state index contributed by atoms with van der Waals surface area (Å²) in [7, 11) is 0. The molecule has 0 radical (unpaired) electrons. The van der Waals surface area contributed by atoms with Crippen molar-refractivity contribution in [3.63, 3.8) is 0 Å². The average Bonchev–Trinajstić information content (AvgIpc) is 2.96. The van der Waals surface area contributed by atoms with E-state index in [1.165, 1.54) is 37.0 Å². The molecule has 6 aliphatic rings. The van der Waals surface area contributed by atoms with Crippen LogP contribution in [0, 0.1) is 23.2 Å². The molecule has 0 spiro atoms. The van der Waals surface area contributed by atoms with Gasteiger partial charge in [0.1, 0.15) is 6.04 Å². The summed E-state index contributed by atoms with van der Waals surface area (Å²) in [5.41, 5.74) is 0.239. The lowest BCUT2D eigenvalue weighted by molar-refractivity contribution is -0.164. The van der Waals surface area contributed by atoms with Crippen LogP contribution in [-0.2, 0) is 14.4 Å². The molecule has 0 N–H and O–H groups in total. The number of carbonyl (C=O) groups is 3. The van der Waals surface area contributed by atoms with E-state index in [2.05, 4.69) is 0 Å². The second-order valence-corrected chi connectivity index (χ2v) is 12.3. The van der Waals surface area contributed by atoms with Gasteiger partial charge in [-0.05, 0) is 93.4 Å². The van der Waals surface area contributed by atoms with E-state index in [4.69, 9.17) is 11.6 Å². The summed E-state index contributed by atoms with van der Waals surface area (Å²) in [5.74, 6) is 1.74. The van der Waals surface area contributed by atoms with Crippen molar-refractivity contribution in [3.8, 4) is 0 Å². The van der Waals surface area contributed by atoms with Gasteiger partial charge in [0, 0.05) is 11.1 Å². The van der Waals surface area contributed by atoms with Gasteiger partial charge in [-0.1, -0.05) is 37.3 Å². The number of rotatable bonds is 4. The minimum atomic E-state index is -0.674. The number of amides is 3. The molecule has 5 aliphatic carbocycles. The van der Waals surface area contributed by atoms with Crippen LogP contribution in [-0.4, -0.2) is 34.7 Å². The Bertz CT molecular complexity index is 947. The van der Waals surface area contributed by atoms with Crippen LogP contribution in [0.25, 0.3) is 0 Å². The van der Waals surface area contributed by atoms with Crippen molar-refractivity contribution in [2.24, 2.45) is 23.2 Å². The third kappa shape index (κ3) is 3.79. The molecule has 7 rings (SSSR count).